The second-order valence-electron chi connectivity index (χ2n) is 3.30. The second kappa shape index (κ2) is 4.65. The zero-order valence-electron chi connectivity index (χ0n) is 8.08. The number of thioether (sulfide) groups is 1. The summed E-state index contributed by atoms with van der Waals surface area (Å²) in [6, 6.07) is 0. The number of hydrogen-bond acceptors (Lipinski definition) is 3. The van der Waals surface area contributed by atoms with E-state index < -0.39 is 0 Å². The minimum absolute atomic E-state index is 0.225. The molecule has 1 heterocycles. The predicted molar refractivity (Wildman–Crippen MR) is 53.8 cm³/mol. The molecular weight excluding hydrogens is 186 g/mol. The molecule has 0 aromatic heterocycles. The van der Waals surface area contributed by atoms with Crippen LogP contribution in [0.3, 0.4) is 0 Å². The highest BCUT2D eigenvalue weighted by atomic mass is 32.2. The fourth-order valence-corrected chi connectivity index (χ4v) is 1.63. The van der Waals surface area contributed by atoms with Gasteiger partial charge in [0.15, 0.2) is 0 Å². The Morgan fingerprint density at radius 3 is 2.69 bits per heavy atom. The Hall–Kier alpha value is -0.510. The summed E-state index contributed by atoms with van der Waals surface area (Å²) < 4.78 is 0. The van der Waals surface area contributed by atoms with Crippen molar-refractivity contribution in [3.05, 3.63) is 0 Å². The van der Waals surface area contributed by atoms with E-state index in [0.717, 1.165) is 13.0 Å². The first kappa shape index (κ1) is 10.6. The van der Waals surface area contributed by atoms with Gasteiger partial charge in [0, 0.05) is 24.8 Å². The molecule has 0 saturated carbocycles. The van der Waals surface area contributed by atoms with Gasteiger partial charge in [-0.15, -0.1) is 0 Å². The molecule has 0 aromatic rings. The van der Waals surface area contributed by atoms with Crippen molar-refractivity contribution in [2.75, 3.05) is 19.3 Å². The molecule has 1 aliphatic rings. The van der Waals surface area contributed by atoms with E-state index in [1.807, 2.05) is 0 Å². The fourth-order valence-electron chi connectivity index (χ4n) is 1.29. The summed E-state index contributed by atoms with van der Waals surface area (Å²) in [6.45, 7) is 3.48. The maximum Gasteiger partial charge on any atom is 0.290 e. The van der Waals surface area contributed by atoms with Crippen molar-refractivity contribution in [1.82, 2.24) is 4.90 Å². The average Bonchev–Trinajstić information content (AvgIpc) is 2.44. The number of hydrogen-bond donors (Lipinski definition) is 0. The van der Waals surface area contributed by atoms with Gasteiger partial charge in [0.25, 0.3) is 5.91 Å². The Bertz CT molecular complexity index is 218. The van der Waals surface area contributed by atoms with E-state index in [1.54, 1.807) is 16.7 Å². The first-order valence-electron chi connectivity index (χ1n) is 4.50. The third-order valence-electron chi connectivity index (χ3n) is 2.34. The van der Waals surface area contributed by atoms with Gasteiger partial charge in [-0.25, -0.2) is 0 Å². The molecule has 4 heteroatoms. The van der Waals surface area contributed by atoms with Gasteiger partial charge in [-0.3, -0.25) is 9.59 Å². The van der Waals surface area contributed by atoms with E-state index in [4.69, 9.17) is 0 Å². The maximum atomic E-state index is 11.2. The topological polar surface area (TPSA) is 37.4 Å². The van der Waals surface area contributed by atoms with Crippen LogP contribution in [0.15, 0.2) is 0 Å². The quantitative estimate of drug-likeness (QED) is 0.635. The number of carbonyl (C=O) groups excluding carboxylic acids is 2. The molecule has 0 aliphatic carbocycles. The van der Waals surface area contributed by atoms with Crippen LogP contribution >= 0.6 is 11.8 Å². The largest absolute Gasteiger partial charge is 0.336 e. The summed E-state index contributed by atoms with van der Waals surface area (Å²) in [5.41, 5.74) is 0. The van der Waals surface area contributed by atoms with Crippen LogP contribution in [0.25, 0.3) is 0 Å². The van der Waals surface area contributed by atoms with Gasteiger partial charge >= 0.3 is 0 Å². The Kier molecular flexibility index (Phi) is 3.78. The minimum atomic E-state index is -0.284. The highest BCUT2D eigenvalue weighted by molar-refractivity contribution is 7.99. The van der Waals surface area contributed by atoms with E-state index in [2.05, 4.69) is 13.2 Å². The third kappa shape index (κ3) is 2.72. The Labute approximate surface area is 82.9 Å². The number of likely N-dealkylation sites (tertiary alicyclic amines) is 1. The van der Waals surface area contributed by atoms with Crippen LogP contribution in [0.1, 0.15) is 19.8 Å². The van der Waals surface area contributed by atoms with Crippen molar-refractivity contribution in [1.29, 1.82) is 0 Å². The van der Waals surface area contributed by atoms with Crippen LogP contribution in [0.4, 0.5) is 0 Å². The average molecular weight is 201 g/mol. The van der Waals surface area contributed by atoms with Crippen LogP contribution < -0.4 is 0 Å². The lowest BCUT2D eigenvalue weighted by molar-refractivity contribution is -0.140. The zero-order valence-corrected chi connectivity index (χ0v) is 8.89. The van der Waals surface area contributed by atoms with E-state index in [0.29, 0.717) is 18.2 Å². The van der Waals surface area contributed by atoms with Crippen LogP contribution in [-0.4, -0.2) is 41.2 Å². The molecule has 1 fully saturated rings. The Morgan fingerprint density at radius 1 is 1.54 bits per heavy atom. The summed E-state index contributed by atoms with van der Waals surface area (Å²) in [5, 5.41) is 0.559. The molecular formula is C9H15NO2S. The number of carbonyl (C=O) groups is 2. The molecule has 74 valence electrons. The van der Waals surface area contributed by atoms with Crippen molar-refractivity contribution in [2.45, 2.75) is 25.0 Å². The minimum Gasteiger partial charge on any atom is -0.336 e. The van der Waals surface area contributed by atoms with Crippen molar-refractivity contribution >= 4 is 23.5 Å². The Balaban J connectivity index is 2.30. The molecule has 1 atom stereocenters. The molecule has 1 aliphatic heterocycles. The van der Waals surface area contributed by atoms with Gasteiger partial charge in [-0.1, -0.05) is 6.92 Å². The van der Waals surface area contributed by atoms with Crippen molar-refractivity contribution in [3.8, 4) is 0 Å². The van der Waals surface area contributed by atoms with E-state index in [-0.39, 0.29) is 11.7 Å². The van der Waals surface area contributed by atoms with E-state index in [1.165, 1.54) is 0 Å². The van der Waals surface area contributed by atoms with E-state index in [9.17, 15) is 9.59 Å². The molecule has 0 bridgehead atoms. The smallest absolute Gasteiger partial charge is 0.290 e. The van der Waals surface area contributed by atoms with Crippen LogP contribution in [0, 0.1) is 0 Å². The van der Waals surface area contributed by atoms with Crippen LogP contribution in [0.5, 0.6) is 0 Å². The van der Waals surface area contributed by atoms with E-state index >= 15 is 0 Å². The molecule has 13 heavy (non-hydrogen) atoms. The molecule has 1 unspecified atom stereocenters. The number of amides is 1. The first-order chi connectivity index (χ1) is 6.15. The molecule has 3 nitrogen and oxygen atoms in total. The molecule has 1 amide bonds. The van der Waals surface area contributed by atoms with Crippen LogP contribution in [-0.2, 0) is 9.59 Å². The molecule has 0 spiro atoms. The third-order valence-corrected chi connectivity index (χ3v) is 3.38. The molecule has 1 saturated heterocycles. The van der Waals surface area contributed by atoms with Crippen molar-refractivity contribution in [2.24, 2.45) is 0 Å². The van der Waals surface area contributed by atoms with Crippen LogP contribution in [0.2, 0.25) is 0 Å². The SMILES string of the molecule is CSC(C)CCN1CCC(=O)C1=O. The highest BCUT2D eigenvalue weighted by Gasteiger charge is 2.28. The van der Waals surface area contributed by atoms with Gasteiger partial charge in [0.1, 0.15) is 0 Å². The number of Topliss-reactive ketones (excluding diaryl/α,β-unsaturated/α-hetero) is 1. The van der Waals surface area contributed by atoms with Gasteiger partial charge in [-0.05, 0) is 12.7 Å². The molecule has 0 N–H and O–H groups in total. The lowest BCUT2D eigenvalue weighted by Gasteiger charge is -2.16. The number of rotatable bonds is 4. The van der Waals surface area contributed by atoms with Gasteiger partial charge in [0.2, 0.25) is 5.78 Å². The summed E-state index contributed by atoms with van der Waals surface area (Å²) in [7, 11) is 0. The lowest BCUT2D eigenvalue weighted by atomic mass is 10.3. The molecule has 0 radical (unpaired) electrons. The summed E-state index contributed by atoms with van der Waals surface area (Å²) in [4.78, 5) is 23.7. The standard InChI is InChI=1S/C9H15NO2S/c1-7(13-2)3-5-10-6-4-8(11)9(10)12/h7H,3-6H2,1-2H3. The van der Waals surface area contributed by atoms with Crippen molar-refractivity contribution in [3.63, 3.8) is 0 Å². The predicted octanol–water partition coefficient (Wildman–Crippen LogP) is 0.929. The highest BCUT2D eigenvalue weighted by Crippen LogP contribution is 2.13. The Morgan fingerprint density at radius 2 is 2.23 bits per heavy atom. The number of nitrogens with zero attached hydrogens (tertiary/aromatic N) is 1. The number of ketones is 1. The lowest BCUT2D eigenvalue weighted by Crippen LogP contribution is -2.29. The first-order valence-corrected chi connectivity index (χ1v) is 5.79. The summed E-state index contributed by atoms with van der Waals surface area (Å²) >= 11 is 1.79. The zero-order chi connectivity index (χ0) is 9.84. The van der Waals surface area contributed by atoms with Crippen molar-refractivity contribution < 1.29 is 9.59 Å². The fraction of sp³-hybridized carbons (Fsp3) is 0.778. The van der Waals surface area contributed by atoms with Gasteiger partial charge in [0.05, 0.1) is 0 Å². The molecule has 0 aromatic carbocycles. The van der Waals surface area contributed by atoms with Gasteiger partial charge in [-0.2, -0.15) is 11.8 Å². The normalized spacial score (nSPS) is 19.7. The van der Waals surface area contributed by atoms with Gasteiger partial charge < -0.3 is 4.90 Å². The summed E-state index contributed by atoms with van der Waals surface area (Å²) in [6.07, 6.45) is 3.44. The summed E-state index contributed by atoms with van der Waals surface area (Å²) in [5.74, 6) is -0.509. The molecule has 1 rings (SSSR count). The second-order valence-corrected chi connectivity index (χ2v) is 4.58. The maximum absolute atomic E-state index is 11.2. The monoisotopic (exact) mass is 201 g/mol.